The van der Waals surface area contributed by atoms with Gasteiger partial charge in [-0.05, 0) is 81.4 Å². The molecule has 0 amide bonds. The molecule has 0 fully saturated rings. The van der Waals surface area contributed by atoms with Crippen LogP contribution in [0, 0.1) is 6.92 Å². The zero-order valence-electron chi connectivity index (χ0n) is 17.6. The summed E-state index contributed by atoms with van der Waals surface area (Å²) in [6.45, 7) is 1.88. The molecule has 0 heterocycles. The van der Waals surface area contributed by atoms with Crippen LogP contribution in [0.3, 0.4) is 0 Å². The lowest BCUT2D eigenvalue weighted by molar-refractivity contribution is -0.145. The maximum Gasteiger partial charge on any atom is 0.344 e. The lowest BCUT2D eigenvalue weighted by atomic mass is 9.95. The van der Waals surface area contributed by atoms with Gasteiger partial charge in [-0.15, -0.1) is 0 Å². The summed E-state index contributed by atoms with van der Waals surface area (Å²) in [5, 5.41) is 10.3. The summed E-state index contributed by atoms with van der Waals surface area (Å²) in [6.07, 6.45) is 9.89. The summed E-state index contributed by atoms with van der Waals surface area (Å²) in [5.74, 6) is -0.971. The smallest absolute Gasteiger partial charge is 0.344 e. The second-order valence-corrected chi connectivity index (χ2v) is 8.28. The third-order valence-corrected chi connectivity index (χ3v) is 5.61. The molecule has 0 saturated carbocycles. The molecule has 0 bridgehead atoms. The highest BCUT2D eigenvalue weighted by Crippen LogP contribution is 2.26. The van der Waals surface area contributed by atoms with Crippen molar-refractivity contribution in [3.05, 3.63) is 81.9 Å². The molecule has 2 aromatic rings. The number of carbonyl (C=O) groups is 2. The van der Waals surface area contributed by atoms with Gasteiger partial charge in [0.25, 0.3) is 0 Å². The Balaban J connectivity index is 1.75. The number of aryl methyl sites for hydroxylation is 1. The Labute approximate surface area is 188 Å². The minimum atomic E-state index is -1.02. The molecule has 2 aromatic carbocycles. The molecule has 31 heavy (non-hydrogen) atoms. The lowest BCUT2D eigenvalue weighted by Gasteiger charge is -2.19. The van der Waals surface area contributed by atoms with E-state index in [0.29, 0.717) is 29.2 Å². The first kappa shape index (κ1) is 22.8. The number of ether oxygens (including phenoxy) is 1. The topological polar surface area (TPSA) is 63.6 Å². The average Bonchev–Trinajstić information content (AvgIpc) is 2.77. The van der Waals surface area contributed by atoms with Gasteiger partial charge in [0, 0.05) is 5.02 Å². The predicted molar refractivity (Wildman–Crippen MR) is 124 cm³/mol. The third kappa shape index (κ3) is 6.83. The Hall–Kier alpha value is -2.85. The number of benzene rings is 2. The van der Waals surface area contributed by atoms with Crippen LogP contribution in [0.15, 0.2) is 60.2 Å². The Kier molecular flexibility index (Phi) is 8.07. The highest BCUT2D eigenvalue weighted by atomic mass is 35.5. The summed E-state index contributed by atoms with van der Waals surface area (Å²) in [6, 6.07) is 12.4. The minimum Gasteiger partial charge on any atom is -0.479 e. The van der Waals surface area contributed by atoms with Gasteiger partial charge in [-0.1, -0.05) is 53.1 Å². The van der Waals surface area contributed by atoms with Crippen LogP contribution >= 0.6 is 11.6 Å². The highest BCUT2D eigenvalue weighted by molar-refractivity contribution is 6.30. The molecular weight excluding hydrogens is 412 g/mol. The van der Waals surface area contributed by atoms with E-state index in [9.17, 15) is 14.7 Å². The van der Waals surface area contributed by atoms with Gasteiger partial charge in [0.2, 0.25) is 0 Å². The number of carboxylic acid groups (broad SMARTS) is 1. The van der Waals surface area contributed by atoms with Crippen LogP contribution < -0.4 is 4.74 Å². The fourth-order valence-corrected chi connectivity index (χ4v) is 3.73. The lowest BCUT2D eigenvalue weighted by Crippen LogP contribution is -2.27. The van der Waals surface area contributed by atoms with E-state index in [4.69, 9.17) is 16.3 Å². The van der Waals surface area contributed by atoms with E-state index < -0.39 is 12.1 Å². The fraction of sp³-hybridized carbons (Fsp3) is 0.308. The molecule has 5 heteroatoms. The van der Waals surface area contributed by atoms with Crippen molar-refractivity contribution < 1.29 is 19.4 Å². The molecule has 1 aliphatic carbocycles. The monoisotopic (exact) mass is 438 g/mol. The van der Waals surface area contributed by atoms with Gasteiger partial charge in [-0.3, -0.25) is 4.79 Å². The molecule has 0 aromatic heterocycles. The summed E-state index contributed by atoms with van der Waals surface area (Å²) in [7, 11) is 0. The average molecular weight is 439 g/mol. The number of rotatable bonds is 9. The molecule has 0 spiro atoms. The van der Waals surface area contributed by atoms with E-state index in [-0.39, 0.29) is 5.78 Å². The number of hydrogen-bond donors (Lipinski definition) is 1. The van der Waals surface area contributed by atoms with Crippen LogP contribution in [-0.4, -0.2) is 23.0 Å². The van der Waals surface area contributed by atoms with E-state index in [1.165, 1.54) is 18.1 Å². The van der Waals surface area contributed by atoms with Gasteiger partial charge < -0.3 is 9.84 Å². The number of carboxylic acids is 1. The van der Waals surface area contributed by atoms with Crippen LogP contribution in [0.1, 0.15) is 60.0 Å². The van der Waals surface area contributed by atoms with Gasteiger partial charge in [-0.25, -0.2) is 4.79 Å². The molecule has 0 aliphatic heterocycles. The number of hydrogen-bond acceptors (Lipinski definition) is 3. The van der Waals surface area contributed by atoms with E-state index in [2.05, 4.69) is 6.08 Å². The van der Waals surface area contributed by atoms with Crippen molar-refractivity contribution in [1.82, 2.24) is 0 Å². The fourth-order valence-electron chi connectivity index (χ4n) is 3.61. The predicted octanol–water partition coefficient (Wildman–Crippen LogP) is 6.66. The van der Waals surface area contributed by atoms with E-state index in [1.54, 1.807) is 30.3 Å². The van der Waals surface area contributed by atoms with Crippen LogP contribution in [-0.2, 0) is 4.79 Å². The van der Waals surface area contributed by atoms with Crippen LogP contribution in [0.5, 0.6) is 5.75 Å². The first-order valence-electron chi connectivity index (χ1n) is 10.6. The Morgan fingerprint density at radius 2 is 1.94 bits per heavy atom. The van der Waals surface area contributed by atoms with Gasteiger partial charge >= 0.3 is 5.97 Å². The number of ketones is 1. The molecule has 1 atom stereocenters. The van der Waals surface area contributed by atoms with E-state index >= 15 is 0 Å². The molecule has 1 aliphatic rings. The zero-order chi connectivity index (χ0) is 22.2. The summed E-state index contributed by atoms with van der Waals surface area (Å²) in [5.41, 5.74) is 3.40. The van der Waals surface area contributed by atoms with Crippen LogP contribution in [0.4, 0.5) is 0 Å². The number of carbonyl (C=O) groups excluding carboxylic acids is 1. The van der Waals surface area contributed by atoms with Crippen molar-refractivity contribution >= 4 is 29.4 Å². The van der Waals surface area contributed by atoms with Gasteiger partial charge in [0.15, 0.2) is 11.9 Å². The largest absolute Gasteiger partial charge is 0.479 e. The first-order chi connectivity index (χ1) is 14.9. The molecule has 4 nitrogen and oxygen atoms in total. The molecular formula is C26H27ClO4. The van der Waals surface area contributed by atoms with E-state index in [1.807, 2.05) is 25.1 Å². The molecule has 1 unspecified atom stereocenters. The normalized spacial score (nSPS) is 14.8. The van der Waals surface area contributed by atoms with E-state index in [0.717, 1.165) is 30.4 Å². The minimum absolute atomic E-state index is 0.243. The quantitative estimate of drug-likeness (QED) is 0.270. The summed E-state index contributed by atoms with van der Waals surface area (Å²) in [4.78, 5) is 24.7. The van der Waals surface area contributed by atoms with Crippen LogP contribution in [0.25, 0.3) is 6.08 Å². The standard InChI is InChI=1S/C26H27ClO4/c1-18-7-15-24(31-25(26(29)30)16-11-19-5-3-2-4-6-19)22(17-18)23(28)14-10-20-8-12-21(27)13-9-20/h5,7-10,12-15,17,25H,2-4,6,11,16H2,1H3,(H,29,30). The van der Waals surface area contributed by atoms with Crippen LogP contribution in [0.2, 0.25) is 5.02 Å². The molecule has 162 valence electrons. The Bertz CT molecular complexity index is 989. The van der Waals surface area contributed by atoms with Gasteiger partial charge in [-0.2, -0.15) is 0 Å². The number of allylic oxidation sites excluding steroid dienone is 3. The highest BCUT2D eigenvalue weighted by Gasteiger charge is 2.22. The van der Waals surface area contributed by atoms with Crippen molar-refractivity contribution in [3.63, 3.8) is 0 Å². The number of aliphatic carboxylic acids is 1. The second kappa shape index (κ2) is 11.0. The second-order valence-electron chi connectivity index (χ2n) is 7.84. The van der Waals surface area contributed by atoms with Crippen molar-refractivity contribution in [3.8, 4) is 5.75 Å². The SMILES string of the molecule is Cc1ccc(OC(CCC2=CCCCC2)C(=O)O)c(C(=O)C=Cc2ccc(Cl)cc2)c1. The molecule has 0 radical (unpaired) electrons. The van der Waals surface area contributed by atoms with Crippen molar-refractivity contribution in [1.29, 1.82) is 0 Å². The maximum absolute atomic E-state index is 12.9. The van der Waals surface area contributed by atoms with Crippen molar-refractivity contribution in [2.24, 2.45) is 0 Å². The molecule has 1 N–H and O–H groups in total. The number of halogens is 1. The Morgan fingerprint density at radius 3 is 2.61 bits per heavy atom. The zero-order valence-corrected chi connectivity index (χ0v) is 18.4. The molecule has 0 saturated heterocycles. The van der Waals surface area contributed by atoms with Crippen molar-refractivity contribution in [2.75, 3.05) is 0 Å². The van der Waals surface area contributed by atoms with Gasteiger partial charge in [0.05, 0.1) is 5.56 Å². The first-order valence-corrected chi connectivity index (χ1v) is 11.0. The summed E-state index contributed by atoms with van der Waals surface area (Å²) < 4.78 is 5.84. The maximum atomic E-state index is 12.9. The third-order valence-electron chi connectivity index (χ3n) is 5.36. The van der Waals surface area contributed by atoms with Crippen molar-refractivity contribution in [2.45, 2.75) is 51.6 Å². The Morgan fingerprint density at radius 1 is 1.16 bits per heavy atom. The molecule has 3 rings (SSSR count). The summed E-state index contributed by atoms with van der Waals surface area (Å²) >= 11 is 5.90. The van der Waals surface area contributed by atoms with Gasteiger partial charge in [0.1, 0.15) is 5.75 Å².